The largest absolute Gasteiger partial charge is 0.353 e. The van der Waals surface area contributed by atoms with Crippen LogP contribution in [0.3, 0.4) is 0 Å². The minimum absolute atomic E-state index is 0.0920. The third-order valence-electron chi connectivity index (χ3n) is 3.37. The highest BCUT2D eigenvalue weighted by atomic mass is 32.1. The van der Waals surface area contributed by atoms with Crippen molar-refractivity contribution < 1.29 is 14.4 Å². The van der Waals surface area contributed by atoms with Crippen LogP contribution in [0.1, 0.15) is 44.0 Å². The predicted molar refractivity (Wildman–Crippen MR) is 86.1 cm³/mol. The highest BCUT2D eigenvalue weighted by molar-refractivity contribution is 7.15. The Morgan fingerprint density at radius 3 is 2.78 bits per heavy atom. The number of piperazine rings is 1. The molecule has 2 heterocycles. The fraction of sp³-hybridized carbons (Fsp3) is 0.643. The minimum Gasteiger partial charge on any atom is -0.353 e. The molecular formula is C14H21N5O3S. The van der Waals surface area contributed by atoms with Gasteiger partial charge in [-0.1, -0.05) is 25.2 Å². The normalized spacial score (nSPS) is 14.7. The first-order valence-corrected chi connectivity index (χ1v) is 8.45. The summed E-state index contributed by atoms with van der Waals surface area (Å²) in [5.74, 6) is -0.136. The zero-order valence-corrected chi connectivity index (χ0v) is 14.1. The van der Waals surface area contributed by atoms with Crippen molar-refractivity contribution in [3.05, 3.63) is 5.01 Å². The highest BCUT2D eigenvalue weighted by Crippen LogP contribution is 2.22. The van der Waals surface area contributed by atoms with Gasteiger partial charge in [-0.2, -0.15) is 0 Å². The molecule has 1 aliphatic heterocycles. The molecule has 0 atom stereocenters. The average Bonchev–Trinajstić information content (AvgIpc) is 2.95. The van der Waals surface area contributed by atoms with Gasteiger partial charge in [0.15, 0.2) is 0 Å². The van der Waals surface area contributed by atoms with Crippen LogP contribution >= 0.6 is 11.3 Å². The summed E-state index contributed by atoms with van der Waals surface area (Å²) in [6, 6.07) is 0. The van der Waals surface area contributed by atoms with Gasteiger partial charge in [-0.15, -0.1) is 10.2 Å². The number of rotatable bonds is 6. The van der Waals surface area contributed by atoms with Crippen LogP contribution in [0.25, 0.3) is 0 Å². The summed E-state index contributed by atoms with van der Waals surface area (Å²) < 4.78 is 0. The number of hydrogen-bond acceptors (Lipinski definition) is 6. The molecule has 0 unspecified atom stereocenters. The van der Waals surface area contributed by atoms with Gasteiger partial charge in [0.2, 0.25) is 22.9 Å². The van der Waals surface area contributed by atoms with Gasteiger partial charge in [0.25, 0.3) is 0 Å². The molecule has 0 radical (unpaired) electrons. The Kier molecular flexibility index (Phi) is 6.03. The van der Waals surface area contributed by atoms with Crippen LogP contribution in [-0.4, -0.2) is 52.5 Å². The van der Waals surface area contributed by atoms with Crippen molar-refractivity contribution in [2.75, 3.05) is 25.0 Å². The van der Waals surface area contributed by atoms with E-state index in [1.807, 2.05) is 13.8 Å². The zero-order valence-electron chi connectivity index (χ0n) is 13.3. The molecule has 3 amide bonds. The number of nitrogens with one attached hydrogen (secondary N) is 2. The van der Waals surface area contributed by atoms with Crippen LogP contribution in [0.2, 0.25) is 0 Å². The molecule has 8 nitrogen and oxygen atoms in total. The van der Waals surface area contributed by atoms with E-state index in [1.165, 1.54) is 16.2 Å². The van der Waals surface area contributed by atoms with Gasteiger partial charge in [-0.05, 0) is 6.42 Å². The summed E-state index contributed by atoms with van der Waals surface area (Å²) in [5, 5.41) is 14.6. The van der Waals surface area contributed by atoms with Gasteiger partial charge in [0.05, 0.1) is 6.54 Å². The van der Waals surface area contributed by atoms with Crippen molar-refractivity contribution >= 4 is 34.2 Å². The number of aromatic nitrogens is 2. The molecule has 126 valence electrons. The van der Waals surface area contributed by atoms with E-state index in [0.29, 0.717) is 24.6 Å². The summed E-state index contributed by atoms with van der Waals surface area (Å²) in [7, 11) is 0. The van der Waals surface area contributed by atoms with Gasteiger partial charge in [0, 0.05) is 31.8 Å². The Bertz CT molecular complexity index is 587. The van der Waals surface area contributed by atoms with Gasteiger partial charge < -0.3 is 15.5 Å². The van der Waals surface area contributed by atoms with Crippen molar-refractivity contribution in [3.63, 3.8) is 0 Å². The molecule has 23 heavy (non-hydrogen) atoms. The number of amides is 3. The Balaban J connectivity index is 1.69. The maximum atomic E-state index is 12.0. The van der Waals surface area contributed by atoms with Crippen molar-refractivity contribution in [1.29, 1.82) is 0 Å². The first kappa shape index (κ1) is 17.3. The molecule has 0 bridgehead atoms. The van der Waals surface area contributed by atoms with E-state index in [1.54, 1.807) is 0 Å². The quantitative estimate of drug-likeness (QED) is 0.795. The van der Waals surface area contributed by atoms with Crippen molar-refractivity contribution in [2.45, 2.75) is 39.0 Å². The number of nitrogens with zero attached hydrogens (tertiary/aromatic N) is 3. The molecule has 0 spiro atoms. The van der Waals surface area contributed by atoms with Crippen LogP contribution in [0.5, 0.6) is 0 Å². The molecule has 1 aliphatic rings. The van der Waals surface area contributed by atoms with Gasteiger partial charge >= 0.3 is 0 Å². The van der Waals surface area contributed by atoms with Gasteiger partial charge in [-0.3, -0.25) is 14.4 Å². The van der Waals surface area contributed by atoms with Crippen LogP contribution in [0.4, 0.5) is 5.13 Å². The maximum Gasteiger partial charge on any atom is 0.239 e. The van der Waals surface area contributed by atoms with Crippen molar-refractivity contribution in [3.8, 4) is 0 Å². The molecule has 2 N–H and O–H groups in total. The van der Waals surface area contributed by atoms with Crippen LogP contribution < -0.4 is 10.6 Å². The fourth-order valence-electron chi connectivity index (χ4n) is 2.11. The summed E-state index contributed by atoms with van der Waals surface area (Å²) in [6.07, 6.45) is 0.940. The first-order chi connectivity index (χ1) is 11.0. The van der Waals surface area contributed by atoms with E-state index in [2.05, 4.69) is 20.8 Å². The second kappa shape index (κ2) is 8.00. The lowest BCUT2D eigenvalue weighted by atomic mass is 10.2. The second-order valence-corrected chi connectivity index (χ2v) is 6.68. The van der Waals surface area contributed by atoms with Crippen LogP contribution in [-0.2, 0) is 14.4 Å². The van der Waals surface area contributed by atoms with E-state index in [4.69, 9.17) is 0 Å². The topological polar surface area (TPSA) is 104 Å². The smallest absolute Gasteiger partial charge is 0.239 e. The van der Waals surface area contributed by atoms with E-state index >= 15 is 0 Å². The maximum absolute atomic E-state index is 12.0. The number of anilines is 1. The van der Waals surface area contributed by atoms with Crippen molar-refractivity contribution in [1.82, 2.24) is 20.4 Å². The van der Waals surface area contributed by atoms with Gasteiger partial charge in [-0.25, -0.2) is 0 Å². The summed E-state index contributed by atoms with van der Waals surface area (Å²) in [6.45, 7) is 5.14. The van der Waals surface area contributed by atoms with E-state index in [-0.39, 0.29) is 43.0 Å². The molecule has 9 heteroatoms. The minimum atomic E-state index is -0.180. The Labute approximate surface area is 138 Å². The molecule has 0 aliphatic carbocycles. The molecule has 0 saturated carbocycles. The first-order valence-electron chi connectivity index (χ1n) is 7.63. The summed E-state index contributed by atoms with van der Waals surface area (Å²) in [5.41, 5.74) is 0. The SMILES string of the molecule is CC(C)c1nnc(NC(=O)CCCC(=O)N2CCNC(=O)C2)s1. The van der Waals surface area contributed by atoms with E-state index < -0.39 is 0 Å². The molecule has 1 aromatic heterocycles. The Morgan fingerprint density at radius 2 is 2.13 bits per heavy atom. The van der Waals surface area contributed by atoms with E-state index in [9.17, 15) is 14.4 Å². The molecule has 1 fully saturated rings. The monoisotopic (exact) mass is 339 g/mol. The molecular weight excluding hydrogens is 318 g/mol. The average molecular weight is 339 g/mol. The lowest BCUT2D eigenvalue weighted by molar-refractivity contribution is -0.138. The second-order valence-electron chi connectivity index (χ2n) is 5.67. The van der Waals surface area contributed by atoms with E-state index in [0.717, 1.165) is 5.01 Å². The third kappa shape index (κ3) is 5.27. The molecule has 1 saturated heterocycles. The highest BCUT2D eigenvalue weighted by Gasteiger charge is 2.20. The molecule has 0 aromatic carbocycles. The Morgan fingerprint density at radius 1 is 1.35 bits per heavy atom. The molecule has 2 rings (SSSR count). The predicted octanol–water partition coefficient (Wildman–Crippen LogP) is 0.729. The molecule has 1 aromatic rings. The standard InChI is InChI=1S/C14H21N5O3S/c1-9(2)13-17-18-14(23-13)16-10(20)4-3-5-12(22)19-7-6-15-11(21)8-19/h9H,3-8H2,1-2H3,(H,15,21)(H,16,18,20). The number of carbonyl (C=O) groups is 3. The summed E-state index contributed by atoms with van der Waals surface area (Å²) in [4.78, 5) is 36.6. The number of hydrogen-bond donors (Lipinski definition) is 2. The zero-order chi connectivity index (χ0) is 16.8. The Hall–Kier alpha value is -2.03. The van der Waals surface area contributed by atoms with Gasteiger partial charge in [0.1, 0.15) is 5.01 Å². The van der Waals surface area contributed by atoms with Crippen LogP contribution in [0.15, 0.2) is 0 Å². The van der Waals surface area contributed by atoms with Crippen molar-refractivity contribution in [2.24, 2.45) is 0 Å². The van der Waals surface area contributed by atoms with Crippen LogP contribution in [0, 0.1) is 0 Å². The lowest BCUT2D eigenvalue weighted by Gasteiger charge is -2.26. The third-order valence-corrected chi connectivity index (χ3v) is 4.51. The fourth-order valence-corrected chi connectivity index (χ4v) is 2.87. The summed E-state index contributed by atoms with van der Waals surface area (Å²) >= 11 is 1.36. The lowest BCUT2D eigenvalue weighted by Crippen LogP contribution is -2.49. The number of carbonyl (C=O) groups excluding carboxylic acids is 3.